The Bertz CT molecular complexity index is 551. The number of hydrogen-bond donors (Lipinski definition) is 0. The summed E-state index contributed by atoms with van der Waals surface area (Å²) in [7, 11) is 1.79. The molecule has 1 aromatic carbocycles. The number of carbonyl (C=O) groups excluding carboxylic acids is 1. The molecule has 0 N–H and O–H groups in total. The van der Waals surface area contributed by atoms with Crippen LogP contribution in [-0.4, -0.2) is 13.0 Å². The predicted molar refractivity (Wildman–Crippen MR) is 80.5 cm³/mol. The second kappa shape index (κ2) is 5.66. The number of amides is 1. The first-order valence-electron chi connectivity index (χ1n) is 7.27. The van der Waals surface area contributed by atoms with E-state index >= 15 is 0 Å². The first-order chi connectivity index (χ1) is 9.50. The smallest absolute Gasteiger partial charge is 0.247 e. The van der Waals surface area contributed by atoms with Crippen molar-refractivity contribution in [2.75, 3.05) is 11.9 Å². The van der Waals surface area contributed by atoms with E-state index < -0.39 is 5.41 Å². The van der Waals surface area contributed by atoms with Gasteiger partial charge in [-0.05, 0) is 38.3 Å². The van der Waals surface area contributed by atoms with Crippen LogP contribution in [0, 0.1) is 30.6 Å². The lowest BCUT2D eigenvalue weighted by Gasteiger charge is -2.33. The van der Waals surface area contributed by atoms with Gasteiger partial charge in [-0.3, -0.25) is 4.79 Å². The molecule has 3 nitrogen and oxygen atoms in total. The van der Waals surface area contributed by atoms with Gasteiger partial charge in [-0.1, -0.05) is 37.0 Å². The van der Waals surface area contributed by atoms with Gasteiger partial charge in [-0.15, -0.1) is 0 Å². The fraction of sp³-hybridized carbons (Fsp3) is 0.529. The highest BCUT2D eigenvalue weighted by molar-refractivity contribution is 5.99. The van der Waals surface area contributed by atoms with E-state index in [1.165, 1.54) is 5.56 Å². The molecule has 2 rings (SSSR count). The van der Waals surface area contributed by atoms with Crippen LogP contribution in [-0.2, 0) is 4.79 Å². The highest BCUT2D eigenvalue weighted by Crippen LogP contribution is 2.38. The van der Waals surface area contributed by atoms with Crippen LogP contribution in [0.25, 0.3) is 0 Å². The number of hydrogen-bond acceptors (Lipinski definition) is 2. The van der Waals surface area contributed by atoms with Gasteiger partial charge in [0.2, 0.25) is 5.91 Å². The highest BCUT2D eigenvalue weighted by Gasteiger charge is 2.42. The van der Waals surface area contributed by atoms with Gasteiger partial charge in [0.15, 0.2) is 0 Å². The maximum absolute atomic E-state index is 12.8. The van der Waals surface area contributed by atoms with Crippen molar-refractivity contribution in [1.82, 2.24) is 0 Å². The standard InChI is InChI=1S/C17H22N2O/c1-13-7-8-15(14(2)11-13)19(3)16(20)17(12-18)9-5-4-6-10-17/h7-8,11H,4-6,9-10H2,1-3H3. The minimum absolute atomic E-state index is 0.0494. The van der Waals surface area contributed by atoms with Crippen LogP contribution in [0.4, 0.5) is 5.69 Å². The zero-order valence-electron chi connectivity index (χ0n) is 12.6. The van der Waals surface area contributed by atoms with Gasteiger partial charge >= 0.3 is 0 Å². The molecular formula is C17H22N2O. The van der Waals surface area contributed by atoms with Gasteiger partial charge < -0.3 is 4.90 Å². The number of benzene rings is 1. The SMILES string of the molecule is Cc1ccc(N(C)C(=O)C2(C#N)CCCCC2)c(C)c1. The van der Waals surface area contributed by atoms with Crippen LogP contribution in [0.15, 0.2) is 18.2 Å². The van der Waals surface area contributed by atoms with E-state index in [4.69, 9.17) is 0 Å². The third kappa shape index (κ3) is 2.56. The fourth-order valence-electron chi connectivity index (χ4n) is 3.14. The first kappa shape index (κ1) is 14.6. The van der Waals surface area contributed by atoms with Crippen molar-refractivity contribution in [2.24, 2.45) is 5.41 Å². The van der Waals surface area contributed by atoms with Crippen LogP contribution >= 0.6 is 0 Å². The van der Waals surface area contributed by atoms with Crippen molar-refractivity contribution in [1.29, 1.82) is 5.26 Å². The third-order valence-electron chi connectivity index (χ3n) is 4.35. The van der Waals surface area contributed by atoms with Crippen molar-refractivity contribution in [2.45, 2.75) is 46.0 Å². The summed E-state index contributed by atoms with van der Waals surface area (Å²) in [5.41, 5.74) is 2.34. The Morgan fingerprint density at radius 1 is 1.25 bits per heavy atom. The lowest BCUT2D eigenvalue weighted by atomic mass is 9.74. The zero-order valence-corrected chi connectivity index (χ0v) is 12.6. The molecule has 0 bridgehead atoms. The molecule has 1 aliphatic rings. The Labute approximate surface area is 121 Å². The van der Waals surface area contributed by atoms with Crippen LogP contribution in [0.5, 0.6) is 0 Å². The van der Waals surface area contributed by atoms with E-state index in [2.05, 4.69) is 12.1 Å². The van der Waals surface area contributed by atoms with Gasteiger partial charge in [-0.2, -0.15) is 5.26 Å². The molecule has 0 unspecified atom stereocenters. The molecule has 1 amide bonds. The van der Waals surface area contributed by atoms with Crippen LogP contribution < -0.4 is 4.90 Å². The van der Waals surface area contributed by atoms with Crippen molar-refractivity contribution in [3.63, 3.8) is 0 Å². The lowest BCUT2D eigenvalue weighted by Crippen LogP contribution is -2.43. The molecule has 0 atom stereocenters. The molecule has 0 saturated heterocycles. The summed E-state index contributed by atoms with van der Waals surface area (Å²) in [4.78, 5) is 14.5. The second-order valence-electron chi connectivity index (χ2n) is 5.91. The molecule has 0 heterocycles. The first-order valence-corrected chi connectivity index (χ1v) is 7.27. The molecule has 3 heteroatoms. The van der Waals surface area contributed by atoms with E-state index in [0.717, 1.165) is 30.5 Å². The Hall–Kier alpha value is -1.82. The van der Waals surface area contributed by atoms with Gasteiger partial charge in [0, 0.05) is 12.7 Å². The normalized spacial score (nSPS) is 17.3. The maximum atomic E-state index is 12.8. The van der Waals surface area contributed by atoms with Crippen molar-refractivity contribution >= 4 is 11.6 Å². The van der Waals surface area contributed by atoms with Crippen LogP contribution in [0.3, 0.4) is 0 Å². The van der Waals surface area contributed by atoms with Crippen molar-refractivity contribution < 1.29 is 4.79 Å². The molecule has 0 aromatic heterocycles. The summed E-state index contributed by atoms with van der Waals surface area (Å²) in [6, 6.07) is 8.35. The van der Waals surface area contributed by atoms with Crippen molar-refractivity contribution in [3.8, 4) is 6.07 Å². The Morgan fingerprint density at radius 2 is 1.90 bits per heavy atom. The molecule has 1 fully saturated rings. The van der Waals surface area contributed by atoms with E-state index in [0.29, 0.717) is 12.8 Å². The van der Waals surface area contributed by atoms with Gasteiger partial charge in [0.05, 0.1) is 6.07 Å². The number of nitriles is 1. The van der Waals surface area contributed by atoms with E-state index in [9.17, 15) is 10.1 Å². The maximum Gasteiger partial charge on any atom is 0.247 e. The largest absolute Gasteiger partial charge is 0.314 e. The van der Waals surface area contributed by atoms with E-state index in [-0.39, 0.29) is 5.91 Å². The Kier molecular flexibility index (Phi) is 4.13. The minimum Gasteiger partial charge on any atom is -0.314 e. The number of aryl methyl sites for hydroxylation is 2. The summed E-state index contributed by atoms with van der Waals surface area (Å²) in [6.45, 7) is 4.04. The van der Waals surface area contributed by atoms with Gasteiger partial charge in [0.1, 0.15) is 5.41 Å². The van der Waals surface area contributed by atoms with Crippen LogP contribution in [0.1, 0.15) is 43.2 Å². The summed E-state index contributed by atoms with van der Waals surface area (Å²) < 4.78 is 0. The topological polar surface area (TPSA) is 44.1 Å². The lowest BCUT2D eigenvalue weighted by molar-refractivity contribution is -0.126. The zero-order chi connectivity index (χ0) is 14.8. The van der Waals surface area contributed by atoms with Crippen molar-refractivity contribution in [3.05, 3.63) is 29.3 Å². The van der Waals surface area contributed by atoms with E-state index in [1.807, 2.05) is 26.0 Å². The summed E-state index contributed by atoms with van der Waals surface area (Å²) in [5.74, 6) is -0.0494. The molecule has 1 aromatic rings. The van der Waals surface area contributed by atoms with E-state index in [1.54, 1.807) is 11.9 Å². The minimum atomic E-state index is -0.815. The third-order valence-corrected chi connectivity index (χ3v) is 4.35. The molecule has 1 saturated carbocycles. The molecule has 1 aliphatic carbocycles. The number of nitrogens with zero attached hydrogens (tertiary/aromatic N) is 2. The molecule has 0 radical (unpaired) electrons. The fourth-order valence-corrected chi connectivity index (χ4v) is 3.14. The van der Waals surface area contributed by atoms with Gasteiger partial charge in [0.25, 0.3) is 0 Å². The second-order valence-corrected chi connectivity index (χ2v) is 5.91. The highest BCUT2D eigenvalue weighted by atomic mass is 16.2. The number of anilines is 1. The summed E-state index contributed by atoms with van der Waals surface area (Å²) in [5, 5.41) is 9.52. The quantitative estimate of drug-likeness (QED) is 0.821. The molecule has 0 spiro atoms. The molecule has 0 aliphatic heterocycles. The average Bonchev–Trinajstić information content (AvgIpc) is 2.46. The van der Waals surface area contributed by atoms with Crippen LogP contribution in [0.2, 0.25) is 0 Å². The molecule has 106 valence electrons. The summed E-state index contributed by atoms with van der Waals surface area (Å²) >= 11 is 0. The Balaban J connectivity index is 2.30. The number of rotatable bonds is 2. The number of carbonyl (C=O) groups is 1. The monoisotopic (exact) mass is 270 g/mol. The van der Waals surface area contributed by atoms with Gasteiger partial charge in [-0.25, -0.2) is 0 Å². The average molecular weight is 270 g/mol. The predicted octanol–water partition coefficient (Wildman–Crippen LogP) is 3.74. The summed E-state index contributed by atoms with van der Waals surface area (Å²) in [6.07, 6.45) is 4.46. The molecule has 20 heavy (non-hydrogen) atoms. The molecular weight excluding hydrogens is 248 g/mol. The Morgan fingerprint density at radius 3 is 2.45 bits per heavy atom.